The van der Waals surface area contributed by atoms with E-state index in [1.165, 1.54) is 10.4 Å². The number of amides is 1. The summed E-state index contributed by atoms with van der Waals surface area (Å²) >= 11 is 0. The number of ether oxygens (including phenoxy) is 2. The molecule has 0 spiro atoms. The fourth-order valence-corrected chi connectivity index (χ4v) is 8.35. The molecule has 0 aromatic heterocycles. The number of methoxy groups -OCH3 is 1. The van der Waals surface area contributed by atoms with Crippen LogP contribution in [0.5, 0.6) is 0 Å². The van der Waals surface area contributed by atoms with Crippen LogP contribution >= 0.6 is 0 Å². The molecule has 1 amide bonds. The van der Waals surface area contributed by atoms with Crippen molar-refractivity contribution < 1.29 is 18.7 Å². The molecule has 6 heteroatoms. The SMILES string of the molecule is COC(CCO[Si](c1ccccc1)(c1ccccc1)C(C)(C)C)NC(=O)OC(C)(C)C. The van der Waals surface area contributed by atoms with Gasteiger partial charge in [0.25, 0.3) is 8.32 Å². The van der Waals surface area contributed by atoms with Crippen LogP contribution in [0.3, 0.4) is 0 Å². The van der Waals surface area contributed by atoms with Crippen LogP contribution in [0.25, 0.3) is 0 Å². The first-order valence-corrected chi connectivity index (χ1v) is 12.7. The summed E-state index contributed by atoms with van der Waals surface area (Å²) in [6, 6.07) is 21.0. The molecule has 0 aliphatic rings. The molecule has 2 rings (SSSR count). The van der Waals surface area contributed by atoms with Crippen LogP contribution in [0.2, 0.25) is 5.04 Å². The van der Waals surface area contributed by atoms with Gasteiger partial charge in [-0.1, -0.05) is 81.4 Å². The van der Waals surface area contributed by atoms with Crippen molar-refractivity contribution >= 4 is 24.8 Å². The summed E-state index contributed by atoms with van der Waals surface area (Å²) in [4.78, 5) is 12.1. The van der Waals surface area contributed by atoms with Crippen molar-refractivity contribution in [2.45, 2.75) is 64.8 Å². The molecule has 0 aliphatic carbocycles. The molecule has 0 aliphatic heterocycles. The second kappa shape index (κ2) is 10.4. The molecule has 5 nitrogen and oxygen atoms in total. The van der Waals surface area contributed by atoms with Crippen molar-refractivity contribution in [2.75, 3.05) is 13.7 Å². The van der Waals surface area contributed by atoms with Crippen LogP contribution in [-0.2, 0) is 13.9 Å². The highest BCUT2D eigenvalue weighted by molar-refractivity contribution is 6.99. The van der Waals surface area contributed by atoms with Gasteiger partial charge in [0.15, 0.2) is 0 Å². The first-order chi connectivity index (χ1) is 14.5. The minimum Gasteiger partial charge on any atom is -0.444 e. The second-order valence-corrected chi connectivity index (χ2v) is 14.0. The van der Waals surface area contributed by atoms with Gasteiger partial charge >= 0.3 is 6.09 Å². The number of nitrogens with one attached hydrogen (secondary N) is 1. The standard InChI is InChI=1S/C25H37NO4Si/c1-24(2,3)30-23(27)26-22(28-7)18-19-29-31(25(4,5)6,20-14-10-8-11-15-20)21-16-12-9-13-17-21/h8-17,22H,18-19H2,1-7H3,(H,26,27). The second-order valence-electron chi connectivity index (χ2n) is 9.67. The summed E-state index contributed by atoms with van der Waals surface area (Å²) in [7, 11) is -1.03. The number of hydrogen-bond acceptors (Lipinski definition) is 4. The third-order valence-corrected chi connectivity index (χ3v) is 10.1. The summed E-state index contributed by atoms with van der Waals surface area (Å²) in [5.74, 6) is 0. The van der Waals surface area contributed by atoms with Crippen LogP contribution < -0.4 is 15.7 Å². The number of rotatable bonds is 8. The Hall–Kier alpha value is -2.15. The monoisotopic (exact) mass is 443 g/mol. The predicted octanol–water partition coefficient (Wildman–Crippen LogP) is 4.45. The quantitative estimate of drug-likeness (QED) is 0.484. The Labute approximate surface area is 188 Å². The summed E-state index contributed by atoms with van der Waals surface area (Å²) in [5.41, 5.74) is -0.562. The van der Waals surface area contributed by atoms with E-state index in [0.717, 1.165) is 0 Å². The van der Waals surface area contributed by atoms with E-state index in [1.54, 1.807) is 7.11 Å². The van der Waals surface area contributed by atoms with Gasteiger partial charge in [-0.15, -0.1) is 0 Å². The highest BCUT2D eigenvalue weighted by Crippen LogP contribution is 2.36. The summed E-state index contributed by atoms with van der Waals surface area (Å²) < 4.78 is 17.7. The minimum atomic E-state index is -2.61. The zero-order valence-corrected chi connectivity index (χ0v) is 20.9. The van der Waals surface area contributed by atoms with Gasteiger partial charge < -0.3 is 13.9 Å². The lowest BCUT2D eigenvalue weighted by atomic mass is 10.2. The number of carbonyl (C=O) groups excluding carboxylic acids is 1. The maximum Gasteiger partial charge on any atom is 0.409 e. The van der Waals surface area contributed by atoms with E-state index in [1.807, 2.05) is 32.9 Å². The van der Waals surface area contributed by atoms with Crippen molar-refractivity contribution in [1.29, 1.82) is 0 Å². The van der Waals surface area contributed by atoms with Crippen LogP contribution in [0.4, 0.5) is 4.79 Å². The van der Waals surface area contributed by atoms with Crippen LogP contribution in [-0.4, -0.2) is 40.0 Å². The summed E-state index contributed by atoms with van der Waals surface area (Å²) in [5, 5.41) is 5.13. The lowest BCUT2D eigenvalue weighted by Crippen LogP contribution is -2.66. The largest absolute Gasteiger partial charge is 0.444 e. The number of alkyl carbamates (subject to hydrolysis) is 1. The molecular formula is C25H37NO4Si. The van der Waals surface area contributed by atoms with Gasteiger partial charge in [0.1, 0.15) is 11.8 Å². The average Bonchev–Trinajstić information content (AvgIpc) is 2.69. The fraction of sp³-hybridized carbons (Fsp3) is 0.480. The minimum absolute atomic E-state index is 0.100. The van der Waals surface area contributed by atoms with E-state index < -0.39 is 26.2 Å². The van der Waals surface area contributed by atoms with Crippen molar-refractivity contribution in [3.8, 4) is 0 Å². The van der Waals surface area contributed by atoms with Crippen molar-refractivity contribution in [1.82, 2.24) is 5.32 Å². The Balaban J connectivity index is 2.25. The highest BCUT2D eigenvalue weighted by atomic mass is 28.4. The Kier molecular flexibility index (Phi) is 8.46. The molecule has 170 valence electrons. The zero-order chi connectivity index (χ0) is 23.1. The van der Waals surface area contributed by atoms with Crippen molar-refractivity contribution in [3.63, 3.8) is 0 Å². The lowest BCUT2D eigenvalue weighted by molar-refractivity contribution is 0.0171. The molecule has 0 fully saturated rings. The molecule has 1 unspecified atom stereocenters. The third-order valence-electron chi connectivity index (χ3n) is 5.08. The van der Waals surface area contributed by atoms with Gasteiger partial charge in [-0.05, 0) is 36.2 Å². The fourth-order valence-electron chi connectivity index (χ4n) is 3.77. The van der Waals surface area contributed by atoms with E-state index in [-0.39, 0.29) is 5.04 Å². The van der Waals surface area contributed by atoms with E-state index in [2.05, 4.69) is 74.6 Å². The third kappa shape index (κ3) is 6.66. The van der Waals surface area contributed by atoms with Gasteiger partial charge in [-0.3, -0.25) is 5.32 Å². The summed E-state index contributed by atoms with van der Waals surface area (Å²) in [6.45, 7) is 12.7. The molecule has 31 heavy (non-hydrogen) atoms. The van der Waals surface area contributed by atoms with Gasteiger partial charge in [-0.25, -0.2) is 4.79 Å². The van der Waals surface area contributed by atoms with Crippen LogP contribution in [0.15, 0.2) is 60.7 Å². The highest BCUT2D eigenvalue weighted by Gasteiger charge is 2.50. The maximum atomic E-state index is 12.1. The lowest BCUT2D eigenvalue weighted by Gasteiger charge is -2.43. The molecule has 0 saturated carbocycles. The zero-order valence-electron chi connectivity index (χ0n) is 19.9. The average molecular weight is 444 g/mol. The Bertz CT molecular complexity index is 773. The van der Waals surface area contributed by atoms with Gasteiger partial charge in [-0.2, -0.15) is 0 Å². The maximum absolute atomic E-state index is 12.1. The molecule has 2 aromatic carbocycles. The molecule has 0 saturated heterocycles. The topological polar surface area (TPSA) is 56.8 Å². The number of carbonyl (C=O) groups is 1. The van der Waals surface area contributed by atoms with E-state index in [9.17, 15) is 4.79 Å². The smallest absolute Gasteiger partial charge is 0.409 e. The molecule has 1 N–H and O–H groups in total. The first kappa shape index (κ1) is 25.1. The van der Waals surface area contributed by atoms with Crippen LogP contribution in [0, 0.1) is 0 Å². The van der Waals surface area contributed by atoms with Gasteiger partial charge in [0.05, 0.1) is 0 Å². The normalized spacial score (nSPS) is 13.5. The number of hydrogen-bond donors (Lipinski definition) is 1. The van der Waals surface area contributed by atoms with Crippen molar-refractivity contribution in [2.24, 2.45) is 0 Å². The van der Waals surface area contributed by atoms with Gasteiger partial charge in [0.2, 0.25) is 0 Å². The molecule has 0 radical (unpaired) electrons. The number of benzene rings is 2. The first-order valence-electron chi connectivity index (χ1n) is 10.8. The Morgan fingerprint density at radius 1 is 0.903 bits per heavy atom. The summed E-state index contributed by atoms with van der Waals surface area (Å²) in [6.07, 6.45) is -0.474. The molecule has 0 heterocycles. The molecule has 0 bridgehead atoms. The Morgan fingerprint density at radius 2 is 1.39 bits per heavy atom. The van der Waals surface area contributed by atoms with E-state index in [0.29, 0.717) is 13.0 Å². The molecule has 2 aromatic rings. The van der Waals surface area contributed by atoms with Crippen molar-refractivity contribution in [3.05, 3.63) is 60.7 Å². The Morgan fingerprint density at radius 3 is 1.77 bits per heavy atom. The molecule has 1 atom stereocenters. The molecular weight excluding hydrogens is 406 g/mol. The van der Waals surface area contributed by atoms with E-state index in [4.69, 9.17) is 13.9 Å². The van der Waals surface area contributed by atoms with E-state index >= 15 is 0 Å². The van der Waals surface area contributed by atoms with Gasteiger partial charge in [0, 0.05) is 20.1 Å². The predicted molar refractivity (Wildman–Crippen MR) is 128 cm³/mol. The van der Waals surface area contributed by atoms with Crippen LogP contribution in [0.1, 0.15) is 48.0 Å².